The lowest BCUT2D eigenvalue weighted by atomic mass is 9.98. The Morgan fingerprint density at radius 2 is 2.17 bits per heavy atom. The first-order valence-electron chi connectivity index (χ1n) is 8.05. The lowest BCUT2D eigenvalue weighted by Gasteiger charge is -2.35. The fraction of sp³-hybridized carbons (Fsp3) is 0.444. The molecule has 0 saturated carbocycles. The number of benzene rings is 1. The molecule has 0 fully saturated rings. The molecular weight excluding hydrogens is 322 g/mol. The molecule has 6 heteroatoms. The summed E-state index contributed by atoms with van der Waals surface area (Å²) in [5, 5.41) is 5.90. The van der Waals surface area contributed by atoms with Crippen molar-refractivity contribution in [2.45, 2.75) is 38.8 Å². The Morgan fingerprint density at radius 1 is 1.42 bits per heavy atom. The van der Waals surface area contributed by atoms with Gasteiger partial charge in [-0.25, -0.2) is 4.98 Å². The van der Waals surface area contributed by atoms with Gasteiger partial charge in [0.15, 0.2) is 6.10 Å². The zero-order valence-electron chi connectivity index (χ0n) is 14.5. The maximum absolute atomic E-state index is 12.0. The highest BCUT2D eigenvalue weighted by molar-refractivity contribution is 7.09. The minimum atomic E-state index is -0.509. The number of nitrogens with zero attached hydrogens (tertiary/aromatic N) is 2. The number of anilines is 1. The summed E-state index contributed by atoms with van der Waals surface area (Å²) in [6, 6.07) is 7.83. The Hall–Kier alpha value is -2.08. The predicted octanol–water partition coefficient (Wildman–Crippen LogP) is 2.95. The summed E-state index contributed by atoms with van der Waals surface area (Å²) in [5.74, 6) is 0.631. The van der Waals surface area contributed by atoms with Gasteiger partial charge in [-0.3, -0.25) is 4.79 Å². The quantitative estimate of drug-likeness (QED) is 0.929. The SMILES string of the molecule is CNC(=O)[C@@H]1CN(Cc2csc(C(C)(C)C)n2)c2ccccc2O1. The molecule has 1 aliphatic heterocycles. The predicted molar refractivity (Wildman–Crippen MR) is 96.8 cm³/mol. The molecule has 1 N–H and O–H groups in total. The monoisotopic (exact) mass is 345 g/mol. The first-order chi connectivity index (χ1) is 11.4. The van der Waals surface area contributed by atoms with Crippen molar-refractivity contribution < 1.29 is 9.53 Å². The zero-order chi connectivity index (χ0) is 17.3. The summed E-state index contributed by atoms with van der Waals surface area (Å²) in [5.41, 5.74) is 2.08. The molecule has 0 radical (unpaired) electrons. The molecule has 2 heterocycles. The van der Waals surface area contributed by atoms with Gasteiger partial charge in [-0.15, -0.1) is 11.3 Å². The smallest absolute Gasteiger partial charge is 0.262 e. The van der Waals surface area contributed by atoms with Gasteiger partial charge in [0.2, 0.25) is 0 Å². The summed E-state index contributed by atoms with van der Waals surface area (Å²) in [7, 11) is 1.63. The molecule has 1 aliphatic rings. The lowest BCUT2D eigenvalue weighted by Crippen LogP contribution is -2.48. The third kappa shape index (κ3) is 3.38. The highest BCUT2D eigenvalue weighted by Crippen LogP contribution is 2.34. The third-order valence-corrected chi connectivity index (χ3v) is 5.26. The van der Waals surface area contributed by atoms with Crippen molar-refractivity contribution in [2.24, 2.45) is 0 Å². The van der Waals surface area contributed by atoms with E-state index in [0.717, 1.165) is 22.1 Å². The third-order valence-electron chi connectivity index (χ3n) is 3.95. The largest absolute Gasteiger partial charge is 0.477 e. The fourth-order valence-electron chi connectivity index (χ4n) is 2.67. The van der Waals surface area contributed by atoms with Crippen LogP contribution in [0.1, 0.15) is 31.5 Å². The molecule has 0 bridgehead atoms. The van der Waals surface area contributed by atoms with Crippen molar-refractivity contribution in [3.05, 3.63) is 40.3 Å². The van der Waals surface area contributed by atoms with E-state index < -0.39 is 6.10 Å². The number of likely N-dealkylation sites (N-methyl/N-ethyl adjacent to an activating group) is 1. The van der Waals surface area contributed by atoms with Gasteiger partial charge >= 0.3 is 0 Å². The first kappa shape index (κ1) is 16.8. The van der Waals surface area contributed by atoms with Crippen LogP contribution in [0, 0.1) is 0 Å². The zero-order valence-corrected chi connectivity index (χ0v) is 15.3. The Labute approximate surface area is 146 Å². The normalized spacial score (nSPS) is 17.2. The van der Waals surface area contributed by atoms with Gasteiger partial charge in [0.05, 0.1) is 29.5 Å². The molecule has 5 nitrogen and oxygen atoms in total. The van der Waals surface area contributed by atoms with Crippen LogP contribution in [-0.4, -0.2) is 30.6 Å². The summed E-state index contributed by atoms with van der Waals surface area (Å²) in [4.78, 5) is 19.0. The Bertz CT molecular complexity index is 736. The maximum atomic E-state index is 12.0. The van der Waals surface area contributed by atoms with Crippen LogP contribution in [-0.2, 0) is 16.8 Å². The van der Waals surface area contributed by atoms with Crippen LogP contribution in [0.15, 0.2) is 29.6 Å². The Morgan fingerprint density at radius 3 is 2.83 bits per heavy atom. The molecule has 128 valence electrons. The summed E-state index contributed by atoms with van der Waals surface area (Å²) in [6.07, 6.45) is -0.509. The second-order valence-electron chi connectivity index (χ2n) is 6.96. The van der Waals surface area contributed by atoms with Gasteiger partial charge in [-0.1, -0.05) is 32.9 Å². The van der Waals surface area contributed by atoms with E-state index in [1.165, 1.54) is 0 Å². The van der Waals surface area contributed by atoms with Crippen LogP contribution in [0.2, 0.25) is 0 Å². The van der Waals surface area contributed by atoms with Crippen LogP contribution in [0.25, 0.3) is 0 Å². The average molecular weight is 345 g/mol. The number of hydrogen-bond donors (Lipinski definition) is 1. The van der Waals surface area contributed by atoms with E-state index in [2.05, 4.69) is 36.4 Å². The summed E-state index contributed by atoms with van der Waals surface area (Å²) >= 11 is 1.69. The molecule has 24 heavy (non-hydrogen) atoms. The average Bonchev–Trinajstić information content (AvgIpc) is 3.03. The molecule has 1 aromatic carbocycles. The molecule has 0 aliphatic carbocycles. The van der Waals surface area contributed by atoms with E-state index in [-0.39, 0.29) is 11.3 Å². The van der Waals surface area contributed by atoms with Gasteiger partial charge in [0.1, 0.15) is 5.75 Å². The lowest BCUT2D eigenvalue weighted by molar-refractivity contribution is -0.127. The fourth-order valence-corrected chi connectivity index (χ4v) is 3.57. The summed E-state index contributed by atoms with van der Waals surface area (Å²) in [6.45, 7) is 7.68. The second-order valence-corrected chi connectivity index (χ2v) is 7.82. The number of para-hydroxylation sites is 2. The molecule has 2 aromatic rings. The number of carbonyl (C=O) groups excluding carboxylic acids is 1. The highest BCUT2D eigenvalue weighted by Gasteiger charge is 2.30. The molecule has 1 amide bonds. The number of thiazole rings is 1. The topological polar surface area (TPSA) is 54.5 Å². The van der Waals surface area contributed by atoms with Crippen LogP contribution >= 0.6 is 11.3 Å². The molecular formula is C18H23N3O2S. The number of ether oxygens (including phenoxy) is 1. The maximum Gasteiger partial charge on any atom is 0.262 e. The van der Waals surface area contributed by atoms with Gasteiger partial charge < -0.3 is 15.0 Å². The summed E-state index contributed by atoms with van der Waals surface area (Å²) < 4.78 is 5.84. The standard InChI is InChI=1S/C18H23N3O2S/c1-18(2,3)17-20-12(11-24-17)9-21-10-15(16(22)19-4)23-14-8-6-5-7-13(14)21/h5-8,11,15H,9-10H2,1-4H3,(H,19,22)/t15-/m0/s1. The Balaban J connectivity index is 1.86. The van der Waals surface area contributed by atoms with Crippen molar-refractivity contribution in [1.82, 2.24) is 10.3 Å². The molecule has 0 saturated heterocycles. The van der Waals surface area contributed by atoms with E-state index in [9.17, 15) is 4.79 Å². The van der Waals surface area contributed by atoms with E-state index in [4.69, 9.17) is 9.72 Å². The van der Waals surface area contributed by atoms with E-state index >= 15 is 0 Å². The van der Waals surface area contributed by atoms with Gasteiger partial charge in [-0.05, 0) is 12.1 Å². The van der Waals surface area contributed by atoms with Crippen molar-refractivity contribution in [3.8, 4) is 5.75 Å². The molecule has 0 spiro atoms. The number of aromatic nitrogens is 1. The van der Waals surface area contributed by atoms with E-state index in [1.807, 2.05) is 24.3 Å². The molecule has 0 unspecified atom stereocenters. The Kier molecular flexibility index (Phi) is 4.49. The highest BCUT2D eigenvalue weighted by atomic mass is 32.1. The van der Waals surface area contributed by atoms with Crippen LogP contribution in [0.4, 0.5) is 5.69 Å². The van der Waals surface area contributed by atoms with E-state index in [1.54, 1.807) is 18.4 Å². The van der Waals surface area contributed by atoms with Gasteiger partial charge in [-0.2, -0.15) is 0 Å². The minimum absolute atomic E-state index is 0.0520. The van der Waals surface area contributed by atoms with Crippen LogP contribution < -0.4 is 15.0 Å². The van der Waals surface area contributed by atoms with Crippen molar-refractivity contribution in [3.63, 3.8) is 0 Å². The van der Waals surface area contributed by atoms with Crippen molar-refractivity contribution in [2.75, 3.05) is 18.5 Å². The number of fused-ring (bicyclic) bond motifs is 1. The number of hydrogen-bond acceptors (Lipinski definition) is 5. The molecule has 3 rings (SSSR count). The molecule has 1 atom stereocenters. The minimum Gasteiger partial charge on any atom is -0.477 e. The van der Waals surface area contributed by atoms with Crippen molar-refractivity contribution >= 4 is 22.9 Å². The number of nitrogens with one attached hydrogen (secondary N) is 1. The van der Waals surface area contributed by atoms with Crippen LogP contribution in [0.5, 0.6) is 5.75 Å². The number of amides is 1. The first-order valence-corrected chi connectivity index (χ1v) is 8.93. The van der Waals surface area contributed by atoms with Crippen molar-refractivity contribution in [1.29, 1.82) is 0 Å². The second kappa shape index (κ2) is 6.43. The number of rotatable bonds is 3. The number of carbonyl (C=O) groups is 1. The van der Waals surface area contributed by atoms with E-state index in [0.29, 0.717) is 13.1 Å². The van der Waals surface area contributed by atoms with Gasteiger partial charge in [0.25, 0.3) is 5.91 Å². The molecule has 1 aromatic heterocycles. The van der Waals surface area contributed by atoms with Crippen LogP contribution in [0.3, 0.4) is 0 Å². The van der Waals surface area contributed by atoms with Gasteiger partial charge in [0, 0.05) is 17.8 Å².